The van der Waals surface area contributed by atoms with Gasteiger partial charge in [0.1, 0.15) is 5.75 Å². The number of methoxy groups -OCH3 is 1. The van der Waals surface area contributed by atoms with Gasteiger partial charge >= 0.3 is 0 Å². The molecule has 1 heterocycles. The van der Waals surface area contributed by atoms with Crippen molar-refractivity contribution in [3.05, 3.63) is 48.0 Å². The number of amides is 2. The Kier molecular flexibility index (Phi) is 9.87. The second-order valence-electron chi connectivity index (χ2n) is 10.1. The summed E-state index contributed by atoms with van der Waals surface area (Å²) in [6.07, 6.45) is 4.11. The quantitative estimate of drug-likeness (QED) is 0.461. The Bertz CT molecular complexity index is 1070. The Morgan fingerprint density at radius 3 is 2.26 bits per heavy atom. The van der Waals surface area contributed by atoms with Gasteiger partial charge in [-0.25, -0.2) is 0 Å². The van der Waals surface area contributed by atoms with Gasteiger partial charge < -0.3 is 30.1 Å². The van der Waals surface area contributed by atoms with Crippen LogP contribution in [0.3, 0.4) is 0 Å². The molecule has 8 nitrogen and oxygen atoms in total. The molecule has 2 aromatic rings. The van der Waals surface area contributed by atoms with E-state index in [-0.39, 0.29) is 17.7 Å². The van der Waals surface area contributed by atoms with E-state index in [1.165, 1.54) is 0 Å². The fraction of sp³-hybridized carbons (Fsp3) is 0.533. The van der Waals surface area contributed by atoms with Gasteiger partial charge in [-0.05, 0) is 56.3 Å². The molecule has 0 unspecified atom stereocenters. The molecule has 0 atom stereocenters. The van der Waals surface area contributed by atoms with Crippen molar-refractivity contribution in [1.82, 2.24) is 10.2 Å². The van der Waals surface area contributed by atoms with Crippen LogP contribution in [0.5, 0.6) is 5.75 Å². The van der Waals surface area contributed by atoms with Crippen molar-refractivity contribution in [2.45, 2.75) is 39.5 Å². The van der Waals surface area contributed by atoms with E-state index in [0.29, 0.717) is 17.8 Å². The molecule has 2 amide bonds. The topological polar surface area (TPSA) is 77.2 Å². The Morgan fingerprint density at radius 1 is 0.947 bits per heavy atom. The molecule has 206 valence electrons. The number of rotatable bonds is 11. The average Bonchev–Trinajstić information content (AvgIpc) is 3.51. The number of nitrogens with zero attached hydrogens (tertiary/aromatic N) is 3. The molecule has 2 aliphatic rings. The molecule has 1 aliphatic heterocycles. The lowest BCUT2D eigenvalue weighted by Crippen LogP contribution is -2.47. The van der Waals surface area contributed by atoms with Crippen molar-refractivity contribution < 1.29 is 14.3 Å². The maximum Gasteiger partial charge on any atom is 0.253 e. The molecular weight excluding hydrogens is 478 g/mol. The number of carbonyl (C=O) groups is 2. The summed E-state index contributed by atoms with van der Waals surface area (Å²) in [5.74, 6) is 0.908. The van der Waals surface area contributed by atoms with Crippen LogP contribution in [0, 0.1) is 5.92 Å². The zero-order valence-corrected chi connectivity index (χ0v) is 23.2. The molecule has 0 bridgehead atoms. The largest absolute Gasteiger partial charge is 0.495 e. The Balaban J connectivity index is 1.49. The number of benzene rings is 2. The maximum absolute atomic E-state index is 13.4. The Morgan fingerprint density at radius 2 is 1.61 bits per heavy atom. The van der Waals surface area contributed by atoms with Crippen LogP contribution in [0.2, 0.25) is 0 Å². The molecule has 0 radical (unpaired) electrons. The summed E-state index contributed by atoms with van der Waals surface area (Å²) in [5, 5.41) is 6.19. The minimum atomic E-state index is -0.101. The Hall–Kier alpha value is -3.26. The van der Waals surface area contributed by atoms with E-state index in [2.05, 4.69) is 45.2 Å². The van der Waals surface area contributed by atoms with E-state index in [0.717, 1.165) is 88.6 Å². The highest BCUT2D eigenvalue weighted by Crippen LogP contribution is 2.31. The van der Waals surface area contributed by atoms with Gasteiger partial charge in [0.15, 0.2) is 0 Å². The number of ether oxygens (including phenoxy) is 1. The fourth-order valence-corrected chi connectivity index (χ4v) is 5.55. The molecule has 0 spiro atoms. The molecule has 1 saturated carbocycles. The average molecular weight is 522 g/mol. The first kappa shape index (κ1) is 27.8. The van der Waals surface area contributed by atoms with E-state index in [9.17, 15) is 9.59 Å². The summed E-state index contributed by atoms with van der Waals surface area (Å²) in [6.45, 7) is 10.8. The third kappa shape index (κ3) is 6.78. The monoisotopic (exact) mass is 521 g/mol. The van der Waals surface area contributed by atoms with Crippen LogP contribution in [0.4, 0.5) is 17.1 Å². The summed E-state index contributed by atoms with van der Waals surface area (Å²) in [6, 6.07) is 13.9. The van der Waals surface area contributed by atoms with Gasteiger partial charge in [-0.3, -0.25) is 9.59 Å². The van der Waals surface area contributed by atoms with Crippen molar-refractivity contribution in [1.29, 1.82) is 0 Å². The van der Waals surface area contributed by atoms with Gasteiger partial charge in [-0.1, -0.05) is 38.8 Å². The lowest BCUT2D eigenvalue weighted by atomic mass is 10.1. The predicted molar refractivity (Wildman–Crippen MR) is 155 cm³/mol. The molecule has 38 heavy (non-hydrogen) atoms. The number of para-hydroxylation sites is 2. The van der Waals surface area contributed by atoms with Crippen LogP contribution in [0.15, 0.2) is 42.5 Å². The first-order valence-corrected chi connectivity index (χ1v) is 14.1. The summed E-state index contributed by atoms with van der Waals surface area (Å²) in [7, 11) is 1.70. The SMILES string of the molecule is CCN(CC)CCNC(=O)c1cc(NC(=O)C2CCCC2)ccc1N1CCN(c2ccccc2OC)CC1. The molecule has 1 saturated heterocycles. The number of anilines is 3. The highest BCUT2D eigenvalue weighted by molar-refractivity contribution is 6.02. The van der Waals surface area contributed by atoms with Crippen molar-refractivity contribution in [2.75, 3.05) is 74.6 Å². The van der Waals surface area contributed by atoms with Crippen LogP contribution in [0.1, 0.15) is 49.9 Å². The van der Waals surface area contributed by atoms with Gasteiger partial charge in [0, 0.05) is 56.6 Å². The highest BCUT2D eigenvalue weighted by atomic mass is 16.5. The van der Waals surface area contributed by atoms with Gasteiger partial charge in [0.25, 0.3) is 5.91 Å². The second-order valence-corrected chi connectivity index (χ2v) is 10.1. The number of hydrogen-bond acceptors (Lipinski definition) is 6. The maximum atomic E-state index is 13.4. The number of nitrogens with one attached hydrogen (secondary N) is 2. The summed E-state index contributed by atoms with van der Waals surface area (Å²) < 4.78 is 5.57. The minimum absolute atomic E-state index is 0.0635. The van der Waals surface area contributed by atoms with Gasteiger partial charge in [-0.2, -0.15) is 0 Å². The zero-order chi connectivity index (χ0) is 26.9. The second kappa shape index (κ2) is 13.5. The number of carbonyl (C=O) groups excluding carboxylic acids is 2. The number of piperazine rings is 1. The summed E-state index contributed by atoms with van der Waals surface area (Å²) in [5.41, 5.74) is 3.30. The van der Waals surface area contributed by atoms with E-state index in [1.54, 1.807) is 7.11 Å². The molecule has 2 aromatic carbocycles. The predicted octanol–water partition coefficient (Wildman–Crippen LogP) is 4.22. The van der Waals surface area contributed by atoms with Gasteiger partial charge in [0.2, 0.25) is 5.91 Å². The van der Waals surface area contributed by atoms with Crippen LogP contribution in [-0.4, -0.2) is 76.2 Å². The summed E-state index contributed by atoms with van der Waals surface area (Å²) >= 11 is 0. The molecule has 2 fully saturated rings. The highest BCUT2D eigenvalue weighted by Gasteiger charge is 2.26. The van der Waals surface area contributed by atoms with Crippen molar-refractivity contribution >= 4 is 28.9 Å². The Labute approximate surface area is 227 Å². The van der Waals surface area contributed by atoms with E-state index >= 15 is 0 Å². The van der Waals surface area contributed by atoms with E-state index in [1.807, 2.05) is 36.4 Å². The molecular formula is C30H43N5O3. The number of hydrogen-bond donors (Lipinski definition) is 2. The van der Waals surface area contributed by atoms with Gasteiger partial charge in [0.05, 0.1) is 18.4 Å². The molecule has 1 aliphatic carbocycles. The van der Waals surface area contributed by atoms with Crippen molar-refractivity contribution in [2.24, 2.45) is 5.92 Å². The van der Waals surface area contributed by atoms with Gasteiger partial charge in [-0.15, -0.1) is 0 Å². The molecule has 0 aromatic heterocycles. The first-order chi connectivity index (χ1) is 18.5. The third-order valence-corrected chi connectivity index (χ3v) is 7.89. The van der Waals surface area contributed by atoms with E-state index < -0.39 is 0 Å². The fourth-order valence-electron chi connectivity index (χ4n) is 5.55. The van der Waals surface area contributed by atoms with Crippen LogP contribution < -0.4 is 25.2 Å². The minimum Gasteiger partial charge on any atom is -0.495 e. The molecule has 4 rings (SSSR count). The lowest BCUT2D eigenvalue weighted by Gasteiger charge is -2.38. The normalized spacial score (nSPS) is 16.1. The molecule has 2 N–H and O–H groups in total. The van der Waals surface area contributed by atoms with Crippen LogP contribution in [-0.2, 0) is 4.79 Å². The van der Waals surface area contributed by atoms with Crippen molar-refractivity contribution in [3.63, 3.8) is 0 Å². The first-order valence-electron chi connectivity index (χ1n) is 14.1. The number of likely N-dealkylation sites (N-methyl/N-ethyl adjacent to an activating group) is 1. The van der Waals surface area contributed by atoms with Crippen LogP contribution in [0.25, 0.3) is 0 Å². The zero-order valence-electron chi connectivity index (χ0n) is 23.2. The lowest BCUT2D eigenvalue weighted by molar-refractivity contribution is -0.119. The van der Waals surface area contributed by atoms with Crippen molar-refractivity contribution in [3.8, 4) is 5.75 Å². The molecule has 8 heteroatoms. The standard InChI is InChI=1S/C30H43N5O3/c1-4-33(5-2)17-16-31-30(37)25-22-24(32-29(36)23-10-6-7-11-23)14-15-26(25)34-18-20-35(21-19-34)27-12-8-9-13-28(27)38-3/h8-9,12-15,22-23H,4-7,10-11,16-21H2,1-3H3,(H,31,37)(H,32,36). The van der Waals surface area contributed by atoms with E-state index in [4.69, 9.17) is 4.74 Å². The van der Waals surface area contributed by atoms with Crippen LogP contribution >= 0.6 is 0 Å². The third-order valence-electron chi connectivity index (χ3n) is 7.89. The smallest absolute Gasteiger partial charge is 0.253 e. The summed E-state index contributed by atoms with van der Waals surface area (Å²) in [4.78, 5) is 33.1.